The smallest absolute Gasteiger partial charge is 0.308 e. The van der Waals surface area contributed by atoms with Crippen LogP contribution in [-0.2, 0) is 4.79 Å². The van der Waals surface area contributed by atoms with E-state index in [0.717, 1.165) is 0 Å². The Morgan fingerprint density at radius 1 is 1.25 bits per heavy atom. The molecule has 0 spiro atoms. The van der Waals surface area contributed by atoms with Gasteiger partial charge in [-0.25, -0.2) is 0 Å². The summed E-state index contributed by atoms with van der Waals surface area (Å²) in [5.41, 5.74) is 1.10. The SMILES string of the molecule is CC(=O)Oc1ccc2c(c1C)C(=O)NC2=O. The lowest BCUT2D eigenvalue weighted by molar-refractivity contribution is -0.131. The molecule has 1 aliphatic heterocycles. The van der Waals surface area contributed by atoms with Crippen LogP contribution in [0.4, 0.5) is 0 Å². The normalized spacial score (nSPS) is 13.4. The van der Waals surface area contributed by atoms with E-state index in [9.17, 15) is 14.4 Å². The molecule has 0 atom stereocenters. The largest absolute Gasteiger partial charge is 0.426 e. The summed E-state index contributed by atoms with van der Waals surface area (Å²) < 4.78 is 4.92. The van der Waals surface area contributed by atoms with Gasteiger partial charge in [-0.2, -0.15) is 0 Å². The number of hydrogen-bond acceptors (Lipinski definition) is 4. The van der Waals surface area contributed by atoms with Crippen LogP contribution in [0.3, 0.4) is 0 Å². The molecule has 16 heavy (non-hydrogen) atoms. The zero-order valence-corrected chi connectivity index (χ0v) is 8.79. The number of carbonyl (C=O) groups excluding carboxylic acids is 3. The van der Waals surface area contributed by atoms with E-state index in [1.165, 1.54) is 19.1 Å². The predicted molar refractivity (Wildman–Crippen MR) is 54.3 cm³/mol. The Bertz CT molecular complexity index is 519. The van der Waals surface area contributed by atoms with Crippen molar-refractivity contribution in [2.75, 3.05) is 0 Å². The van der Waals surface area contributed by atoms with Gasteiger partial charge in [0, 0.05) is 12.5 Å². The van der Waals surface area contributed by atoms with Crippen molar-refractivity contribution in [2.24, 2.45) is 0 Å². The third-order valence-electron chi connectivity index (χ3n) is 2.37. The molecule has 1 aromatic rings. The van der Waals surface area contributed by atoms with Crippen LogP contribution >= 0.6 is 0 Å². The van der Waals surface area contributed by atoms with E-state index in [-0.39, 0.29) is 5.56 Å². The third-order valence-corrected chi connectivity index (χ3v) is 2.37. The molecule has 2 amide bonds. The molecular formula is C11H9NO4. The third kappa shape index (κ3) is 1.46. The van der Waals surface area contributed by atoms with Crippen LogP contribution < -0.4 is 10.1 Å². The van der Waals surface area contributed by atoms with E-state index in [1.54, 1.807) is 6.92 Å². The van der Waals surface area contributed by atoms with Gasteiger partial charge in [-0.3, -0.25) is 19.7 Å². The van der Waals surface area contributed by atoms with E-state index >= 15 is 0 Å². The molecule has 82 valence electrons. The Morgan fingerprint density at radius 3 is 2.56 bits per heavy atom. The number of esters is 1. The van der Waals surface area contributed by atoms with Crippen LogP contribution in [-0.4, -0.2) is 17.8 Å². The highest BCUT2D eigenvalue weighted by Gasteiger charge is 2.29. The second-order valence-electron chi connectivity index (χ2n) is 3.49. The molecule has 5 heteroatoms. The Kier molecular flexibility index (Phi) is 2.23. The van der Waals surface area contributed by atoms with Crippen LogP contribution in [0.5, 0.6) is 5.75 Å². The van der Waals surface area contributed by atoms with Crippen LogP contribution in [0.1, 0.15) is 33.2 Å². The van der Waals surface area contributed by atoms with Gasteiger partial charge in [0.25, 0.3) is 11.8 Å². The van der Waals surface area contributed by atoms with Gasteiger partial charge in [-0.05, 0) is 19.1 Å². The molecule has 2 rings (SSSR count). The van der Waals surface area contributed by atoms with Crippen LogP contribution in [0.2, 0.25) is 0 Å². The minimum absolute atomic E-state index is 0.281. The molecule has 0 radical (unpaired) electrons. The lowest BCUT2D eigenvalue weighted by atomic mass is 10.0. The first-order chi connectivity index (χ1) is 7.50. The molecule has 0 saturated heterocycles. The number of nitrogens with one attached hydrogen (secondary N) is 1. The second-order valence-corrected chi connectivity index (χ2v) is 3.49. The number of hydrogen-bond donors (Lipinski definition) is 1. The van der Waals surface area contributed by atoms with Gasteiger partial charge in [-0.1, -0.05) is 0 Å². The summed E-state index contributed by atoms with van der Waals surface area (Å²) in [5.74, 6) is -1.03. The molecule has 1 aliphatic rings. The fourth-order valence-electron chi connectivity index (χ4n) is 1.67. The number of fused-ring (bicyclic) bond motifs is 1. The quantitative estimate of drug-likeness (QED) is 0.431. The van der Waals surface area contributed by atoms with Crippen molar-refractivity contribution < 1.29 is 19.1 Å². The maximum Gasteiger partial charge on any atom is 0.308 e. The van der Waals surface area contributed by atoms with E-state index in [1.807, 2.05) is 0 Å². The Labute approximate surface area is 91.4 Å². The van der Waals surface area contributed by atoms with Gasteiger partial charge in [0.1, 0.15) is 5.75 Å². The topological polar surface area (TPSA) is 72.5 Å². The molecule has 0 saturated carbocycles. The summed E-state index contributed by atoms with van der Waals surface area (Å²) >= 11 is 0. The summed E-state index contributed by atoms with van der Waals surface area (Å²) in [7, 11) is 0. The average molecular weight is 219 g/mol. The molecule has 1 aromatic carbocycles. The summed E-state index contributed by atoms with van der Waals surface area (Å²) in [6.45, 7) is 2.91. The Hall–Kier alpha value is -2.17. The van der Waals surface area contributed by atoms with Crippen molar-refractivity contribution in [3.63, 3.8) is 0 Å². The number of ether oxygens (including phenoxy) is 1. The monoisotopic (exact) mass is 219 g/mol. The molecule has 1 heterocycles. The molecule has 0 aliphatic carbocycles. The number of carbonyl (C=O) groups is 3. The van der Waals surface area contributed by atoms with Gasteiger partial charge in [0.2, 0.25) is 0 Å². The van der Waals surface area contributed by atoms with Crippen molar-refractivity contribution in [3.8, 4) is 5.75 Å². The summed E-state index contributed by atoms with van der Waals surface area (Å²) in [6.07, 6.45) is 0. The summed E-state index contributed by atoms with van der Waals surface area (Å²) in [5, 5.41) is 2.19. The number of rotatable bonds is 1. The second kappa shape index (κ2) is 3.44. The fourth-order valence-corrected chi connectivity index (χ4v) is 1.67. The first-order valence-corrected chi connectivity index (χ1v) is 4.68. The summed E-state index contributed by atoms with van der Waals surface area (Å²) in [6, 6.07) is 2.98. The summed E-state index contributed by atoms with van der Waals surface area (Å²) in [4.78, 5) is 33.6. The zero-order chi connectivity index (χ0) is 11.9. The molecule has 1 N–H and O–H groups in total. The van der Waals surface area contributed by atoms with Gasteiger partial charge >= 0.3 is 5.97 Å². The molecule has 5 nitrogen and oxygen atoms in total. The predicted octanol–water partition coefficient (Wildman–Crippen LogP) is 0.804. The van der Waals surface area contributed by atoms with Gasteiger partial charge in [-0.15, -0.1) is 0 Å². The van der Waals surface area contributed by atoms with Crippen LogP contribution in [0.25, 0.3) is 0 Å². The molecule has 0 fully saturated rings. The maximum absolute atomic E-state index is 11.5. The van der Waals surface area contributed by atoms with Crippen LogP contribution in [0, 0.1) is 6.92 Å². The molecule has 0 bridgehead atoms. The number of amides is 2. The van der Waals surface area contributed by atoms with Crippen molar-refractivity contribution in [3.05, 3.63) is 28.8 Å². The highest BCUT2D eigenvalue weighted by molar-refractivity contribution is 6.22. The van der Waals surface area contributed by atoms with Crippen molar-refractivity contribution in [1.29, 1.82) is 0 Å². The molecule has 0 unspecified atom stereocenters. The fraction of sp³-hybridized carbons (Fsp3) is 0.182. The number of imide groups is 1. The van der Waals surface area contributed by atoms with E-state index in [4.69, 9.17) is 4.74 Å². The van der Waals surface area contributed by atoms with Crippen molar-refractivity contribution in [2.45, 2.75) is 13.8 Å². The van der Waals surface area contributed by atoms with Gasteiger partial charge < -0.3 is 4.74 Å². The van der Waals surface area contributed by atoms with Gasteiger partial charge in [0.05, 0.1) is 11.1 Å². The highest BCUT2D eigenvalue weighted by atomic mass is 16.5. The number of benzene rings is 1. The van der Waals surface area contributed by atoms with Crippen molar-refractivity contribution >= 4 is 17.8 Å². The van der Waals surface area contributed by atoms with Crippen molar-refractivity contribution in [1.82, 2.24) is 5.32 Å². The van der Waals surface area contributed by atoms with E-state index in [2.05, 4.69) is 5.32 Å². The Balaban J connectivity index is 2.56. The average Bonchev–Trinajstić information content (AvgIpc) is 2.46. The first kappa shape index (κ1) is 10.4. The lowest BCUT2D eigenvalue weighted by Crippen LogP contribution is -2.20. The zero-order valence-electron chi connectivity index (χ0n) is 8.79. The molecule has 0 aromatic heterocycles. The molecular weight excluding hydrogens is 210 g/mol. The Morgan fingerprint density at radius 2 is 1.94 bits per heavy atom. The first-order valence-electron chi connectivity index (χ1n) is 4.68. The van der Waals surface area contributed by atoms with Gasteiger partial charge in [0.15, 0.2) is 0 Å². The van der Waals surface area contributed by atoms with Crippen LogP contribution in [0.15, 0.2) is 12.1 Å². The minimum Gasteiger partial charge on any atom is -0.426 e. The standard InChI is InChI=1S/C11H9NO4/c1-5-8(16-6(2)13)4-3-7-9(5)11(15)12-10(7)14/h3-4H,1-2H3,(H,12,14,15). The van der Waals surface area contributed by atoms with E-state index < -0.39 is 17.8 Å². The minimum atomic E-state index is -0.465. The van der Waals surface area contributed by atoms with E-state index in [0.29, 0.717) is 16.9 Å². The lowest BCUT2D eigenvalue weighted by Gasteiger charge is -2.07. The maximum atomic E-state index is 11.5. The highest BCUT2D eigenvalue weighted by Crippen LogP contribution is 2.27.